The second-order valence-corrected chi connectivity index (χ2v) is 6.70. The monoisotopic (exact) mass is 333 g/mol. The molecule has 0 spiro atoms. The Morgan fingerprint density at radius 2 is 1.96 bits per heavy atom. The summed E-state index contributed by atoms with van der Waals surface area (Å²) < 4.78 is 13.1. The quantitative estimate of drug-likeness (QED) is 0.858. The lowest BCUT2D eigenvalue weighted by atomic mass is 10.0. The third-order valence-corrected chi connectivity index (χ3v) is 4.82. The number of benzene rings is 1. The van der Waals surface area contributed by atoms with E-state index >= 15 is 0 Å². The van der Waals surface area contributed by atoms with Crippen LogP contribution in [0.2, 0.25) is 0 Å². The Morgan fingerprint density at radius 3 is 2.54 bits per heavy atom. The molecule has 6 nitrogen and oxygen atoms in total. The van der Waals surface area contributed by atoms with Gasteiger partial charge < -0.3 is 9.80 Å². The van der Waals surface area contributed by atoms with Crippen LogP contribution in [0.3, 0.4) is 0 Å². The third kappa shape index (κ3) is 2.74. The van der Waals surface area contributed by atoms with E-state index in [0.717, 1.165) is 18.4 Å². The number of carbonyl (C=O) groups is 3. The molecular weight excluding hydrogens is 313 g/mol. The van der Waals surface area contributed by atoms with Gasteiger partial charge in [0, 0.05) is 6.54 Å². The standard InChI is InChI=1S/C17H20FN3O3/c1-17(2)15(23)19-16(24)21(17)10-14(22)20-9-3-4-13(20)11-5-7-12(18)8-6-11/h5-8,13H,3-4,9-10H2,1-2H3,(H,19,23,24)/t13-/m1/s1. The van der Waals surface area contributed by atoms with E-state index < -0.39 is 17.5 Å². The number of amides is 4. The number of likely N-dealkylation sites (tertiary alicyclic amines) is 1. The lowest BCUT2D eigenvalue weighted by Gasteiger charge is -2.31. The second-order valence-electron chi connectivity index (χ2n) is 6.70. The van der Waals surface area contributed by atoms with Gasteiger partial charge in [0.2, 0.25) is 5.91 Å². The number of halogens is 1. The van der Waals surface area contributed by atoms with Crippen LogP contribution in [0.4, 0.5) is 9.18 Å². The molecule has 2 aliphatic heterocycles. The van der Waals surface area contributed by atoms with Crippen LogP contribution in [0.1, 0.15) is 38.3 Å². The van der Waals surface area contributed by atoms with Crippen molar-refractivity contribution in [2.75, 3.05) is 13.1 Å². The maximum absolute atomic E-state index is 13.1. The van der Waals surface area contributed by atoms with E-state index in [2.05, 4.69) is 5.32 Å². The molecule has 2 saturated heterocycles. The Bertz CT molecular complexity index is 687. The number of urea groups is 1. The highest BCUT2D eigenvalue weighted by Crippen LogP contribution is 2.32. The minimum absolute atomic E-state index is 0.123. The topological polar surface area (TPSA) is 69.7 Å². The SMILES string of the molecule is CC1(C)C(=O)NC(=O)N1CC(=O)N1CCC[C@@H]1c1ccc(F)cc1. The van der Waals surface area contributed by atoms with Crippen LogP contribution >= 0.6 is 0 Å². The number of carbonyl (C=O) groups excluding carboxylic acids is 3. The summed E-state index contributed by atoms with van der Waals surface area (Å²) >= 11 is 0. The minimum atomic E-state index is -1.04. The summed E-state index contributed by atoms with van der Waals surface area (Å²) in [4.78, 5) is 39.4. The van der Waals surface area contributed by atoms with Gasteiger partial charge >= 0.3 is 6.03 Å². The van der Waals surface area contributed by atoms with Gasteiger partial charge in [0.25, 0.3) is 5.91 Å². The largest absolute Gasteiger partial charge is 0.334 e. The number of nitrogens with one attached hydrogen (secondary N) is 1. The molecule has 0 aliphatic carbocycles. The molecular formula is C17H20FN3O3. The molecule has 0 radical (unpaired) electrons. The van der Waals surface area contributed by atoms with Crippen molar-refractivity contribution in [1.82, 2.24) is 15.1 Å². The van der Waals surface area contributed by atoms with Crippen LogP contribution in [0, 0.1) is 5.82 Å². The Balaban J connectivity index is 1.76. The summed E-state index contributed by atoms with van der Waals surface area (Å²) in [5.74, 6) is -0.930. The zero-order valence-corrected chi connectivity index (χ0v) is 13.7. The van der Waals surface area contributed by atoms with Crippen molar-refractivity contribution in [3.8, 4) is 0 Å². The molecule has 2 fully saturated rings. The highest BCUT2D eigenvalue weighted by molar-refractivity contribution is 6.07. The van der Waals surface area contributed by atoms with Crippen LogP contribution in [0.25, 0.3) is 0 Å². The summed E-state index contributed by atoms with van der Waals surface area (Å²) in [7, 11) is 0. The van der Waals surface area contributed by atoms with Crippen molar-refractivity contribution in [2.45, 2.75) is 38.3 Å². The fraction of sp³-hybridized carbons (Fsp3) is 0.471. The van der Waals surface area contributed by atoms with Crippen molar-refractivity contribution >= 4 is 17.8 Å². The minimum Gasteiger partial charge on any atom is -0.334 e. The summed E-state index contributed by atoms with van der Waals surface area (Å²) in [5, 5.41) is 2.24. The molecule has 128 valence electrons. The molecule has 2 aliphatic rings. The molecule has 0 aromatic heterocycles. The molecule has 0 bridgehead atoms. The van der Waals surface area contributed by atoms with Crippen molar-refractivity contribution in [1.29, 1.82) is 0 Å². The van der Waals surface area contributed by atoms with Gasteiger partial charge in [0.1, 0.15) is 17.9 Å². The van der Waals surface area contributed by atoms with Gasteiger partial charge in [-0.3, -0.25) is 14.9 Å². The first-order chi connectivity index (χ1) is 11.3. The molecule has 3 rings (SSSR count). The van der Waals surface area contributed by atoms with E-state index in [1.807, 2.05) is 0 Å². The predicted octanol–water partition coefficient (Wildman–Crippen LogP) is 1.82. The smallest absolute Gasteiger partial charge is 0.325 e. The normalized spacial score (nSPS) is 22.9. The summed E-state index contributed by atoms with van der Waals surface area (Å²) in [6.45, 7) is 3.66. The van der Waals surface area contributed by atoms with Gasteiger partial charge in [-0.25, -0.2) is 9.18 Å². The maximum Gasteiger partial charge on any atom is 0.325 e. The zero-order chi connectivity index (χ0) is 17.5. The molecule has 0 saturated carbocycles. The number of rotatable bonds is 3. The van der Waals surface area contributed by atoms with Crippen molar-refractivity contribution < 1.29 is 18.8 Å². The zero-order valence-electron chi connectivity index (χ0n) is 13.7. The van der Waals surface area contributed by atoms with E-state index in [9.17, 15) is 18.8 Å². The molecule has 1 aromatic carbocycles. The molecule has 24 heavy (non-hydrogen) atoms. The van der Waals surface area contributed by atoms with Crippen LogP contribution < -0.4 is 5.32 Å². The average molecular weight is 333 g/mol. The number of nitrogens with zero attached hydrogens (tertiary/aromatic N) is 2. The second kappa shape index (κ2) is 5.89. The third-order valence-electron chi connectivity index (χ3n) is 4.82. The molecule has 7 heteroatoms. The molecule has 1 aromatic rings. The molecule has 1 N–H and O–H groups in total. The first-order valence-electron chi connectivity index (χ1n) is 7.98. The van der Waals surface area contributed by atoms with E-state index in [0.29, 0.717) is 6.54 Å². The first-order valence-corrected chi connectivity index (χ1v) is 7.98. The van der Waals surface area contributed by atoms with E-state index in [4.69, 9.17) is 0 Å². The Hall–Kier alpha value is -2.44. The fourth-order valence-corrected chi connectivity index (χ4v) is 3.29. The highest BCUT2D eigenvalue weighted by atomic mass is 19.1. The first kappa shape index (κ1) is 16.4. The summed E-state index contributed by atoms with van der Waals surface area (Å²) in [5.41, 5.74) is -0.166. The number of hydrogen-bond donors (Lipinski definition) is 1. The van der Waals surface area contributed by atoms with E-state index in [1.54, 1.807) is 30.9 Å². The van der Waals surface area contributed by atoms with E-state index in [1.165, 1.54) is 17.0 Å². The molecule has 0 unspecified atom stereocenters. The van der Waals surface area contributed by atoms with Crippen LogP contribution in [-0.4, -0.2) is 46.3 Å². The van der Waals surface area contributed by atoms with Crippen molar-refractivity contribution in [2.24, 2.45) is 0 Å². The number of imide groups is 1. The van der Waals surface area contributed by atoms with Crippen LogP contribution in [0.15, 0.2) is 24.3 Å². The molecule has 2 heterocycles. The Labute approximate surface area is 139 Å². The lowest BCUT2D eigenvalue weighted by Crippen LogP contribution is -2.49. The van der Waals surface area contributed by atoms with Gasteiger partial charge in [0.15, 0.2) is 0 Å². The fourth-order valence-electron chi connectivity index (χ4n) is 3.29. The van der Waals surface area contributed by atoms with Gasteiger partial charge in [-0.2, -0.15) is 0 Å². The molecule has 1 atom stereocenters. The Morgan fingerprint density at radius 1 is 1.29 bits per heavy atom. The van der Waals surface area contributed by atoms with Crippen molar-refractivity contribution in [3.63, 3.8) is 0 Å². The summed E-state index contributed by atoms with van der Waals surface area (Å²) in [6, 6.07) is 5.46. The summed E-state index contributed by atoms with van der Waals surface area (Å²) in [6.07, 6.45) is 1.65. The van der Waals surface area contributed by atoms with Gasteiger partial charge in [0.05, 0.1) is 6.04 Å². The van der Waals surface area contributed by atoms with Gasteiger partial charge in [-0.15, -0.1) is 0 Å². The lowest BCUT2D eigenvalue weighted by molar-refractivity contribution is -0.134. The van der Waals surface area contributed by atoms with Crippen LogP contribution in [0.5, 0.6) is 0 Å². The Kier molecular flexibility index (Phi) is 4.03. The van der Waals surface area contributed by atoms with Crippen molar-refractivity contribution in [3.05, 3.63) is 35.6 Å². The maximum atomic E-state index is 13.1. The average Bonchev–Trinajstić information content (AvgIpc) is 3.08. The van der Waals surface area contributed by atoms with Gasteiger partial charge in [-0.05, 0) is 44.4 Å². The molecule has 4 amide bonds. The van der Waals surface area contributed by atoms with E-state index in [-0.39, 0.29) is 24.3 Å². The highest BCUT2D eigenvalue weighted by Gasteiger charge is 2.47. The predicted molar refractivity (Wildman–Crippen MR) is 84.4 cm³/mol. The van der Waals surface area contributed by atoms with Gasteiger partial charge in [-0.1, -0.05) is 12.1 Å². The van der Waals surface area contributed by atoms with Crippen LogP contribution in [-0.2, 0) is 9.59 Å². The number of hydrogen-bond acceptors (Lipinski definition) is 3.